The van der Waals surface area contributed by atoms with Crippen molar-refractivity contribution in [3.05, 3.63) is 30.1 Å². The lowest BCUT2D eigenvalue weighted by Crippen LogP contribution is -2.11. The Morgan fingerprint density at radius 2 is 2.10 bits per heavy atom. The molecule has 0 aliphatic heterocycles. The molecule has 2 aromatic heterocycles. The van der Waals surface area contributed by atoms with Crippen LogP contribution in [0.3, 0.4) is 0 Å². The smallest absolute Gasteiger partial charge is 0.216 e. The molecular formula is C12H11FN6OS. The first-order chi connectivity index (χ1) is 10.1. The standard InChI is InChI=1S/C12H11FN6OS/c1-6-17-18-12(19(6)14)21-11-7-3-10(20-2)8(13)4-9(7)15-5-16-11/h3-5H,14H2,1-2H3. The monoisotopic (exact) mass is 306 g/mol. The predicted molar refractivity (Wildman–Crippen MR) is 75.1 cm³/mol. The number of nitrogens with two attached hydrogens (primary N) is 1. The molecule has 0 aliphatic rings. The molecule has 0 bridgehead atoms. The summed E-state index contributed by atoms with van der Waals surface area (Å²) in [6, 6.07) is 2.86. The van der Waals surface area contributed by atoms with E-state index >= 15 is 0 Å². The molecule has 3 rings (SSSR count). The third-order valence-corrected chi connectivity index (χ3v) is 3.87. The zero-order chi connectivity index (χ0) is 15.0. The average Bonchev–Trinajstić information content (AvgIpc) is 2.79. The van der Waals surface area contributed by atoms with Crippen molar-refractivity contribution in [1.82, 2.24) is 24.8 Å². The summed E-state index contributed by atoms with van der Waals surface area (Å²) in [5, 5.41) is 9.57. The number of ether oxygens (including phenoxy) is 1. The Hall–Kier alpha value is -2.42. The molecule has 0 spiro atoms. The summed E-state index contributed by atoms with van der Waals surface area (Å²) in [5.41, 5.74) is 0.477. The van der Waals surface area contributed by atoms with Crippen LogP contribution in [0.4, 0.5) is 4.39 Å². The number of fused-ring (bicyclic) bond motifs is 1. The maximum absolute atomic E-state index is 13.7. The fourth-order valence-corrected chi connectivity index (χ4v) is 2.64. The largest absolute Gasteiger partial charge is 0.494 e. The fourth-order valence-electron chi connectivity index (χ4n) is 1.78. The van der Waals surface area contributed by atoms with E-state index in [0.29, 0.717) is 26.9 Å². The topological polar surface area (TPSA) is 91.7 Å². The Morgan fingerprint density at radius 3 is 2.76 bits per heavy atom. The molecule has 0 aliphatic carbocycles. The highest BCUT2D eigenvalue weighted by atomic mass is 32.2. The molecule has 0 radical (unpaired) electrons. The quantitative estimate of drug-likeness (QED) is 0.579. The molecule has 7 nitrogen and oxygen atoms in total. The molecule has 0 saturated carbocycles. The van der Waals surface area contributed by atoms with Crippen LogP contribution in [0.25, 0.3) is 10.9 Å². The van der Waals surface area contributed by atoms with E-state index < -0.39 is 5.82 Å². The van der Waals surface area contributed by atoms with E-state index in [9.17, 15) is 4.39 Å². The van der Waals surface area contributed by atoms with Crippen molar-refractivity contribution in [2.24, 2.45) is 0 Å². The summed E-state index contributed by atoms with van der Waals surface area (Å²) in [5.74, 6) is 6.05. The van der Waals surface area contributed by atoms with Gasteiger partial charge in [0.15, 0.2) is 11.6 Å². The van der Waals surface area contributed by atoms with Gasteiger partial charge < -0.3 is 10.6 Å². The second-order valence-electron chi connectivity index (χ2n) is 4.18. The highest BCUT2D eigenvalue weighted by Gasteiger charge is 2.14. The van der Waals surface area contributed by atoms with E-state index in [1.807, 2.05) is 0 Å². The fraction of sp³-hybridized carbons (Fsp3) is 0.167. The number of methoxy groups -OCH3 is 1. The molecular weight excluding hydrogens is 295 g/mol. The van der Waals surface area contributed by atoms with Crippen LogP contribution >= 0.6 is 11.8 Å². The van der Waals surface area contributed by atoms with Crippen LogP contribution in [-0.2, 0) is 0 Å². The number of halogens is 1. The van der Waals surface area contributed by atoms with E-state index in [-0.39, 0.29) is 5.75 Å². The van der Waals surface area contributed by atoms with Crippen LogP contribution in [0.15, 0.2) is 28.6 Å². The van der Waals surface area contributed by atoms with Gasteiger partial charge in [-0.25, -0.2) is 19.0 Å². The lowest BCUT2D eigenvalue weighted by Gasteiger charge is -2.07. The van der Waals surface area contributed by atoms with Crippen molar-refractivity contribution >= 4 is 22.7 Å². The van der Waals surface area contributed by atoms with Gasteiger partial charge in [-0.1, -0.05) is 0 Å². The molecule has 0 saturated heterocycles. The minimum absolute atomic E-state index is 0.129. The van der Waals surface area contributed by atoms with Crippen molar-refractivity contribution in [3.63, 3.8) is 0 Å². The molecule has 0 unspecified atom stereocenters. The van der Waals surface area contributed by atoms with Gasteiger partial charge >= 0.3 is 0 Å². The van der Waals surface area contributed by atoms with Crippen molar-refractivity contribution in [3.8, 4) is 5.75 Å². The third-order valence-electron chi connectivity index (χ3n) is 2.90. The molecule has 21 heavy (non-hydrogen) atoms. The molecule has 2 N–H and O–H groups in total. The normalized spacial score (nSPS) is 11.0. The van der Waals surface area contributed by atoms with Crippen molar-refractivity contribution in [2.75, 3.05) is 13.0 Å². The molecule has 9 heteroatoms. The Bertz CT molecular complexity index is 821. The van der Waals surface area contributed by atoms with E-state index in [4.69, 9.17) is 10.6 Å². The summed E-state index contributed by atoms with van der Waals surface area (Å²) in [7, 11) is 1.40. The van der Waals surface area contributed by atoms with Crippen LogP contribution in [0.1, 0.15) is 5.82 Å². The Morgan fingerprint density at radius 1 is 1.29 bits per heavy atom. The van der Waals surface area contributed by atoms with Crippen LogP contribution in [0.5, 0.6) is 5.75 Å². The first kappa shape index (κ1) is 13.6. The van der Waals surface area contributed by atoms with Gasteiger partial charge in [0.1, 0.15) is 17.2 Å². The summed E-state index contributed by atoms with van der Waals surface area (Å²) >= 11 is 1.22. The van der Waals surface area contributed by atoms with Gasteiger partial charge in [0, 0.05) is 11.5 Å². The molecule has 0 amide bonds. The summed E-state index contributed by atoms with van der Waals surface area (Å²) in [6.45, 7) is 1.74. The molecule has 108 valence electrons. The van der Waals surface area contributed by atoms with Gasteiger partial charge in [-0.3, -0.25) is 0 Å². The SMILES string of the molecule is COc1cc2c(Sc3nnc(C)n3N)ncnc2cc1F. The number of nitrogens with zero attached hydrogens (tertiary/aromatic N) is 5. The van der Waals surface area contributed by atoms with Crippen molar-refractivity contribution in [2.45, 2.75) is 17.1 Å². The Labute approximate surface area is 123 Å². The minimum atomic E-state index is -0.475. The maximum atomic E-state index is 13.7. The predicted octanol–water partition coefficient (Wildman–Crippen LogP) is 1.54. The highest BCUT2D eigenvalue weighted by Crippen LogP contribution is 2.32. The molecule has 3 aromatic rings. The highest BCUT2D eigenvalue weighted by molar-refractivity contribution is 7.99. The second kappa shape index (κ2) is 5.17. The van der Waals surface area contributed by atoms with Crippen molar-refractivity contribution in [1.29, 1.82) is 0 Å². The van der Waals surface area contributed by atoms with Crippen LogP contribution in [0, 0.1) is 12.7 Å². The van der Waals surface area contributed by atoms with Crippen LogP contribution in [0.2, 0.25) is 0 Å². The van der Waals surface area contributed by atoms with Crippen LogP contribution in [-0.4, -0.2) is 32.0 Å². The van der Waals surface area contributed by atoms with Gasteiger partial charge in [-0.05, 0) is 24.8 Å². The Balaban J connectivity index is 2.12. The lowest BCUT2D eigenvalue weighted by atomic mass is 10.2. The summed E-state index contributed by atoms with van der Waals surface area (Å²) < 4.78 is 20.1. The minimum Gasteiger partial charge on any atom is -0.494 e. The molecule has 2 heterocycles. The van der Waals surface area contributed by atoms with E-state index in [2.05, 4.69) is 20.2 Å². The zero-order valence-corrected chi connectivity index (χ0v) is 12.1. The van der Waals surface area contributed by atoms with Crippen LogP contribution < -0.4 is 10.6 Å². The first-order valence-electron chi connectivity index (χ1n) is 5.93. The lowest BCUT2D eigenvalue weighted by molar-refractivity contribution is 0.387. The third kappa shape index (κ3) is 2.35. The van der Waals surface area contributed by atoms with Gasteiger partial charge in [-0.2, -0.15) is 0 Å². The van der Waals surface area contributed by atoms with Gasteiger partial charge in [0.25, 0.3) is 0 Å². The molecule has 0 atom stereocenters. The number of aryl methyl sites for hydroxylation is 1. The number of nitrogen functional groups attached to an aromatic ring is 1. The summed E-state index contributed by atoms with van der Waals surface area (Å²) in [6.07, 6.45) is 1.36. The average molecular weight is 306 g/mol. The van der Waals surface area contributed by atoms with Crippen molar-refractivity contribution < 1.29 is 9.13 Å². The number of benzene rings is 1. The van der Waals surface area contributed by atoms with Gasteiger partial charge in [0.2, 0.25) is 5.16 Å². The number of hydrogen-bond acceptors (Lipinski definition) is 7. The van der Waals surface area contributed by atoms with E-state index in [1.165, 1.54) is 35.9 Å². The Kier molecular flexibility index (Phi) is 3.34. The number of rotatable bonds is 3. The first-order valence-corrected chi connectivity index (χ1v) is 6.75. The second-order valence-corrected chi connectivity index (χ2v) is 5.14. The zero-order valence-electron chi connectivity index (χ0n) is 11.2. The van der Waals surface area contributed by atoms with E-state index in [0.717, 1.165) is 0 Å². The summed E-state index contributed by atoms with van der Waals surface area (Å²) in [4.78, 5) is 8.25. The van der Waals surface area contributed by atoms with Gasteiger partial charge in [0.05, 0.1) is 12.6 Å². The molecule has 0 fully saturated rings. The number of aromatic nitrogens is 5. The van der Waals surface area contributed by atoms with Gasteiger partial charge in [-0.15, -0.1) is 10.2 Å². The van der Waals surface area contributed by atoms with E-state index in [1.54, 1.807) is 13.0 Å². The maximum Gasteiger partial charge on any atom is 0.216 e. The number of hydrogen-bond donors (Lipinski definition) is 1. The molecule has 1 aromatic carbocycles.